The average Bonchev–Trinajstić information content (AvgIpc) is 2.40. The fourth-order valence-electron chi connectivity index (χ4n) is 1.71. The molecule has 1 aliphatic heterocycles. The van der Waals surface area contributed by atoms with Crippen LogP contribution >= 0.6 is 0 Å². The van der Waals surface area contributed by atoms with E-state index in [1.807, 2.05) is 0 Å². The normalized spacial score (nSPS) is 19.6. The molecular weight excluding hydrogens is 242 g/mol. The second kappa shape index (κ2) is 5.88. The van der Waals surface area contributed by atoms with Crippen molar-refractivity contribution >= 4 is 5.91 Å². The molecule has 2 N–H and O–H groups in total. The first kappa shape index (κ1) is 12.9. The summed E-state index contributed by atoms with van der Waals surface area (Å²) >= 11 is 0. The molecule has 1 aliphatic rings. The predicted molar refractivity (Wildman–Crippen MR) is 60.8 cm³/mol. The van der Waals surface area contributed by atoms with Crippen LogP contribution in [-0.4, -0.2) is 31.7 Å². The van der Waals surface area contributed by atoms with Crippen LogP contribution < -0.4 is 10.6 Å². The van der Waals surface area contributed by atoms with Gasteiger partial charge in [-0.1, -0.05) is 0 Å². The molecule has 1 saturated heterocycles. The molecule has 0 radical (unpaired) electrons. The van der Waals surface area contributed by atoms with Crippen LogP contribution in [0.3, 0.4) is 0 Å². The maximum Gasteiger partial charge on any atom is 0.250 e. The lowest BCUT2D eigenvalue weighted by atomic mass is 10.2. The van der Waals surface area contributed by atoms with Crippen molar-refractivity contribution in [3.8, 4) is 0 Å². The molecule has 1 aromatic rings. The van der Waals surface area contributed by atoms with E-state index in [0.717, 1.165) is 18.2 Å². The Labute approximate surface area is 103 Å². The van der Waals surface area contributed by atoms with Gasteiger partial charge in [-0.05, 0) is 18.2 Å². The lowest BCUT2D eigenvalue weighted by Gasteiger charge is -2.22. The Bertz CT molecular complexity index is 434. The fourth-order valence-corrected chi connectivity index (χ4v) is 1.71. The van der Waals surface area contributed by atoms with Gasteiger partial charge in [0.25, 0.3) is 5.91 Å². The van der Waals surface area contributed by atoms with Crippen molar-refractivity contribution in [3.63, 3.8) is 0 Å². The molecule has 1 aromatic carbocycles. The quantitative estimate of drug-likeness (QED) is 0.831. The zero-order valence-electron chi connectivity index (χ0n) is 9.71. The molecule has 1 atom stereocenters. The summed E-state index contributed by atoms with van der Waals surface area (Å²) < 4.78 is 31.5. The second-order valence-corrected chi connectivity index (χ2v) is 4.02. The molecule has 0 aromatic heterocycles. The highest BCUT2D eigenvalue weighted by Gasteiger charge is 2.21. The van der Waals surface area contributed by atoms with Crippen LogP contribution in [0.4, 0.5) is 8.78 Å². The minimum absolute atomic E-state index is 0.0533. The standard InChI is InChI=1S/C12H14F2N2O2/c13-9-1-2-10(14)8(5-9)6-16-12(17)11-7-15-3-4-18-11/h1-2,5,11,15H,3-4,6-7H2,(H,16,17). The van der Waals surface area contributed by atoms with E-state index >= 15 is 0 Å². The van der Waals surface area contributed by atoms with Gasteiger partial charge in [0.15, 0.2) is 0 Å². The molecule has 18 heavy (non-hydrogen) atoms. The monoisotopic (exact) mass is 256 g/mol. The van der Waals surface area contributed by atoms with Gasteiger partial charge in [-0.25, -0.2) is 8.78 Å². The Kier molecular flexibility index (Phi) is 4.22. The summed E-state index contributed by atoms with van der Waals surface area (Å²) in [5.74, 6) is -1.40. The number of nitrogens with one attached hydrogen (secondary N) is 2. The van der Waals surface area contributed by atoms with Gasteiger partial charge in [0.2, 0.25) is 0 Å². The molecule has 0 spiro atoms. The summed E-state index contributed by atoms with van der Waals surface area (Å²) in [4.78, 5) is 11.7. The molecule has 0 bridgehead atoms. The highest BCUT2D eigenvalue weighted by molar-refractivity contribution is 5.81. The lowest BCUT2D eigenvalue weighted by molar-refractivity contribution is -0.134. The van der Waals surface area contributed by atoms with Gasteiger partial charge >= 0.3 is 0 Å². The van der Waals surface area contributed by atoms with Crippen molar-refractivity contribution in [2.24, 2.45) is 0 Å². The van der Waals surface area contributed by atoms with E-state index in [1.54, 1.807) is 0 Å². The largest absolute Gasteiger partial charge is 0.366 e. The van der Waals surface area contributed by atoms with Crippen molar-refractivity contribution < 1.29 is 18.3 Å². The Balaban J connectivity index is 1.90. The number of amides is 1. The van der Waals surface area contributed by atoms with Crippen molar-refractivity contribution in [1.82, 2.24) is 10.6 Å². The van der Waals surface area contributed by atoms with Gasteiger partial charge in [0, 0.05) is 25.2 Å². The number of benzene rings is 1. The molecule has 2 rings (SSSR count). The van der Waals surface area contributed by atoms with Gasteiger partial charge in [-0.2, -0.15) is 0 Å². The zero-order valence-corrected chi connectivity index (χ0v) is 9.71. The minimum Gasteiger partial charge on any atom is -0.366 e. The number of hydrogen-bond acceptors (Lipinski definition) is 3. The number of rotatable bonds is 3. The van der Waals surface area contributed by atoms with Crippen LogP contribution in [0.15, 0.2) is 18.2 Å². The molecule has 4 nitrogen and oxygen atoms in total. The van der Waals surface area contributed by atoms with E-state index in [9.17, 15) is 13.6 Å². The number of halogens is 2. The van der Waals surface area contributed by atoms with Gasteiger partial charge in [-0.15, -0.1) is 0 Å². The summed E-state index contributed by atoms with van der Waals surface area (Å²) in [7, 11) is 0. The lowest BCUT2D eigenvalue weighted by Crippen LogP contribution is -2.47. The summed E-state index contributed by atoms with van der Waals surface area (Å²) in [6.07, 6.45) is -0.574. The molecule has 6 heteroatoms. The molecule has 0 saturated carbocycles. The highest BCUT2D eigenvalue weighted by Crippen LogP contribution is 2.09. The van der Waals surface area contributed by atoms with E-state index in [0.29, 0.717) is 19.7 Å². The third-order valence-corrected chi connectivity index (χ3v) is 2.68. The number of carbonyl (C=O) groups excluding carboxylic acids is 1. The first-order chi connectivity index (χ1) is 8.66. The second-order valence-electron chi connectivity index (χ2n) is 4.02. The Hall–Kier alpha value is -1.53. The van der Waals surface area contributed by atoms with E-state index in [4.69, 9.17) is 4.74 Å². The van der Waals surface area contributed by atoms with Crippen LogP contribution in [0, 0.1) is 11.6 Å². The van der Waals surface area contributed by atoms with E-state index in [1.165, 1.54) is 0 Å². The van der Waals surface area contributed by atoms with Gasteiger partial charge in [-0.3, -0.25) is 4.79 Å². The number of hydrogen-bond donors (Lipinski definition) is 2. The van der Waals surface area contributed by atoms with Crippen LogP contribution in [0.25, 0.3) is 0 Å². The van der Waals surface area contributed by atoms with Crippen molar-refractivity contribution in [1.29, 1.82) is 0 Å². The van der Waals surface area contributed by atoms with Crippen molar-refractivity contribution in [2.45, 2.75) is 12.6 Å². The zero-order chi connectivity index (χ0) is 13.0. The molecule has 1 fully saturated rings. The molecule has 98 valence electrons. The Morgan fingerprint density at radius 1 is 1.50 bits per heavy atom. The van der Waals surface area contributed by atoms with E-state index in [-0.39, 0.29) is 18.0 Å². The summed E-state index contributed by atoms with van der Waals surface area (Å²) in [5, 5.41) is 5.54. The number of morpholine rings is 1. The first-order valence-corrected chi connectivity index (χ1v) is 5.71. The third kappa shape index (κ3) is 3.24. The SMILES string of the molecule is O=C(NCc1cc(F)ccc1F)C1CNCCO1. The van der Waals surface area contributed by atoms with Gasteiger partial charge in [0.1, 0.15) is 17.7 Å². The molecule has 1 unspecified atom stereocenters. The van der Waals surface area contributed by atoms with Crippen molar-refractivity contribution in [2.75, 3.05) is 19.7 Å². The minimum atomic E-state index is -0.574. The third-order valence-electron chi connectivity index (χ3n) is 2.68. The van der Waals surface area contributed by atoms with Crippen LogP contribution in [0.1, 0.15) is 5.56 Å². The number of carbonyl (C=O) groups is 1. The molecule has 1 heterocycles. The van der Waals surface area contributed by atoms with Crippen molar-refractivity contribution in [3.05, 3.63) is 35.4 Å². The predicted octanol–water partition coefficient (Wildman–Crippen LogP) is 0.569. The molecular formula is C12H14F2N2O2. The first-order valence-electron chi connectivity index (χ1n) is 5.71. The average molecular weight is 256 g/mol. The fraction of sp³-hybridized carbons (Fsp3) is 0.417. The van der Waals surface area contributed by atoms with Gasteiger partial charge < -0.3 is 15.4 Å². The summed E-state index contributed by atoms with van der Waals surface area (Å²) in [5.41, 5.74) is 0.118. The van der Waals surface area contributed by atoms with Crippen LogP contribution in [0.5, 0.6) is 0 Å². The maximum absolute atomic E-state index is 13.3. The highest BCUT2D eigenvalue weighted by atomic mass is 19.1. The van der Waals surface area contributed by atoms with Crippen LogP contribution in [-0.2, 0) is 16.1 Å². The van der Waals surface area contributed by atoms with Gasteiger partial charge in [0.05, 0.1) is 6.61 Å². The summed E-state index contributed by atoms with van der Waals surface area (Å²) in [6, 6.07) is 3.14. The number of ether oxygens (including phenoxy) is 1. The Morgan fingerprint density at radius 2 is 2.33 bits per heavy atom. The Morgan fingerprint density at radius 3 is 3.06 bits per heavy atom. The smallest absolute Gasteiger partial charge is 0.250 e. The maximum atomic E-state index is 13.3. The topological polar surface area (TPSA) is 50.4 Å². The van der Waals surface area contributed by atoms with E-state index in [2.05, 4.69) is 10.6 Å². The molecule has 1 amide bonds. The summed E-state index contributed by atoms with van der Waals surface area (Å²) in [6.45, 7) is 1.55. The molecule has 0 aliphatic carbocycles. The van der Waals surface area contributed by atoms with Crippen LogP contribution in [0.2, 0.25) is 0 Å². The van der Waals surface area contributed by atoms with E-state index < -0.39 is 17.7 Å².